The van der Waals surface area contributed by atoms with Gasteiger partial charge in [-0.3, -0.25) is 9.59 Å². The Balaban J connectivity index is 1.59. The highest BCUT2D eigenvalue weighted by atomic mass is 16.2. The minimum Gasteiger partial charge on any atom is -0.340 e. The van der Waals surface area contributed by atoms with Crippen molar-refractivity contribution in [3.63, 3.8) is 0 Å². The first kappa shape index (κ1) is 13.6. The molecule has 0 bridgehead atoms. The number of carbonyl (C=O) groups is 2. The van der Waals surface area contributed by atoms with Gasteiger partial charge < -0.3 is 10.2 Å². The Morgan fingerprint density at radius 1 is 1.00 bits per heavy atom. The maximum Gasteiger partial charge on any atom is 0.249 e. The first-order valence-electron chi connectivity index (χ1n) is 8.83. The first-order chi connectivity index (χ1) is 10.2. The molecule has 2 amide bonds. The van der Waals surface area contributed by atoms with Gasteiger partial charge in [0.25, 0.3) is 0 Å². The molecule has 3 aliphatic carbocycles. The summed E-state index contributed by atoms with van der Waals surface area (Å²) in [7, 11) is 0. The molecule has 4 nitrogen and oxygen atoms in total. The lowest BCUT2D eigenvalue weighted by atomic mass is 9.88. The van der Waals surface area contributed by atoms with Gasteiger partial charge in [-0.05, 0) is 50.4 Å². The highest BCUT2D eigenvalue weighted by Crippen LogP contribution is 2.42. The smallest absolute Gasteiger partial charge is 0.249 e. The number of nitrogens with one attached hydrogen (secondary N) is 1. The molecule has 1 aliphatic heterocycles. The molecule has 4 rings (SSSR count). The van der Waals surface area contributed by atoms with Crippen LogP contribution in [0.1, 0.15) is 64.2 Å². The molecule has 3 saturated carbocycles. The van der Waals surface area contributed by atoms with Gasteiger partial charge in [-0.1, -0.05) is 25.7 Å². The van der Waals surface area contributed by atoms with E-state index in [1.165, 1.54) is 25.7 Å². The lowest BCUT2D eigenvalue weighted by molar-refractivity contribution is -0.156. The Morgan fingerprint density at radius 3 is 2.29 bits per heavy atom. The van der Waals surface area contributed by atoms with Gasteiger partial charge in [-0.2, -0.15) is 0 Å². The van der Waals surface area contributed by atoms with Crippen LogP contribution < -0.4 is 5.32 Å². The zero-order chi connectivity index (χ0) is 14.4. The Labute approximate surface area is 126 Å². The van der Waals surface area contributed by atoms with Gasteiger partial charge in [0, 0.05) is 6.54 Å². The third-order valence-corrected chi connectivity index (χ3v) is 6.09. The van der Waals surface area contributed by atoms with E-state index >= 15 is 0 Å². The van der Waals surface area contributed by atoms with Crippen molar-refractivity contribution < 1.29 is 9.59 Å². The highest BCUT2D eigenvalue weighted by Gasteiger charge is 2.55. The summed E-state index contributed by atoms with van der Waals surface area (Å²) in [4.78, 5) is 27.8. The van der Waals surface area contributed by atoms with Crippen molar-refractivity contribution in [2.45, 2.75) is 75.8 Å². The number of carbonyl (C=O) groups excluding carboxylic acids is 2. The predicted octanol–water partition coefficient (Wildman–Crippen LogP) is 2.23. The van der Waals surface area contributed by atoms with E-state index in [0.29, 0.717) is 11.8 Å². The molecule has 1 N–H and O–H groups in total. The van der Waals surface area contributed by atoms with Crippen LogP contribution in [0.5, 0.6) is 0 Å². The number of amides is 2. The van der Waals surface area contributed by atoms with Crippen LogP contribution in [-0.2, 0) is 9.59 Å². The summed E-state index contributed by atoms with van der Waals surface area (Å²) in [6.07, 6.45) is 11.1. The van der Waals surface area contributed by atoms with Gasteiger partial charge in [-0.25, -0.2) is 0 Å². The van der Waals surface area contributed by atoms with Crippen molar-refractivity contribution in [2.24, 2.45) is 11.8 Å². The third-order valence-electron chi connectivity index (χ3n) is 6.09. The molecule has 1 unspecified atom stereocenters. The lowest BCUT2D eigenvalue weighted by Gasteiger charge is -2.45. The Kier molecular flexibility index (Phi) is 3.23. The van der Waals surface area contributed by atoms with E-state index in [4.69, 9.17) is 0 Å². The molecule has 0 aromatic heterocycles. The second-order valence-electron chi connectivity index (χ2n) is 7.67. The third kappa shape index (κ3) is 2.27. The van der Waals surface area contributed by atoms with Crippen LogP contribution in [0, 0.1) is 11.8 Å². The highest BCUT2D eigenvalue weighted by molar-refractivity contribution is 6.00. The van der Waals surface area contributed by atoms with E-state index in [2.05, 4.69) is 5.32 Å². The Morgan fingerprint density at radius 2 is 1.67 bits per heavy atom. The standard InChI is InChI=1S/C17H26N2O2/c20-15-14(13-7-8-13)19(11-12-5-1-2-6-12)16(21)17(18-15)9-3-4-10-17/h12-14H,1-11H2,(H,18,20). The molecule has 21 heavy (non-hydrogen) atoms. The second kappa shape index (κ2) is 4.99. The quantitative estimate of drug-likeness (QED) is 0.866. The summed E-state index contributed by atoms with van der Waals surface area (Å²) in [5.74, 6) is 1.43. The molecule has 4 fully saturated rings. The van der Waals surface area contributed by atoms with E-state index in [9.17, 15) is 9.59 Å². The van der Waals surface area contributed by atoms with Crippen molar-refractivity contribution in [1.82, 2.24) is 10.2 Å². The van der Waals surface area contributed by atoms with Crippen molar-refractivity contribution in [2.75, 3.05) is 6.54 Å². The topological polar surface area (TPSA) is 49.4 Å². The van der Waals surface area contributed by atoms with E-state index in [1.54, 1.807) is 0 Å². The minimum atomic E-state index is -0.541. The molecule has 4 heteroatoms. The van der Waals surface area contributed by atoms with Crippen molar-refractivity contribution >= 4 is 11.8 Å². The molecule has 1 heterocycles. The normalized spacial score (nSPS) is 33.0. The van der Waals surface area contributed by atoms with Crippen LogP contribution in [0.3, 0.4) is 0 Å². The summed E-state index contributed by atoms with van der Waals surface area (Å²) < 4.78 is 0. The van der Waals surface area contributed by atoms with Gasteiger partial charge in [0.05, 0.1) is 0 Å². The maximum atomic E-state index is 13.1. The van der Waals surface area contributed by atoms with Crippen molar-refractivity contribution in [3.05, 3.63) is 0 Å². The molecule has 1 saturated heterocycles. The van der Waals surface area contributed by atoms with Crippen LogP contribution in [0.4, 0.5) is 0 Å². The SMILES string of the molecule is O=C1NC2(CCCC2)C(=O)N(CC2CCCC2)C1C1CC1. The minimum absolute atomic E-state index is 0.136. The fraction of sp³-hybridized carbons (Fsp3) is 0.882. The van der Waals surface area contributed by atoms with Gasteiger partial charge in [0.15, 0.2) is 0 Å². The molecule has 0 aromatic carbocycles. The summed E-state index contributed by atoms with van der Waals surface area (Å²) in [6, 6.07) is -0.163. The summed E-state index contributed by atoms with van der Waals surface area (Å²) in [5, 5.41) is 3.14. The van der Waals surface area contributed by atoms with E-state index in [1.807, 2.05) is 4.90 Å². The van der Waals surface area contributed by atoms with Gasteiger partial charge >= 0.3 is 0 Å². The van der Waals surface area contributed by atoms with Crippen LogP contribution in [0.25, 0.3) is 0 Å². The van der Waals surface area contributed by atoms with Crippen LogP contribution in [-0.4, -0.2) is 34.8 Å². The molecule has 1 atom stereocenters. The molecule has 116 valence electrons. The Hall–Kier alpha value is -1.06. The maximum absolute atomic E-state index is 13.1. The predicted molar refractivity (Wildman–Crippen MR) is 79.5 cm³/mol. The average molecular weight is 290 g/mol. The number of piperazine rings is 1. The molecule has 0 aromatic rings. The molecule has 4 aliphatic rings. The van der Waals surface area contributed by atoms with Crippen LogP contribution in [0.15, 0.2) is 0 Å². The molecule has 0 radical (unpaired) electrons. The van der Waals surface area contributed by atoms with E-state index in [-0.39, 0.29) is 17.9 Å². The summed E-state index contributed by atoms with van der Waals surface area (Å²) >= 11 is 0. The van der Waals surface area contributed by atoms with E-state index in [0.717, 1.165) is 45.1 Å². The van der Waals surface area contributed by atoms with Crippen LogP contribution >= 0.6 is 0 Å². The lowest BCUT2D eigenvalue weighted by Crippen LogP contribution is -2.70. The summed E-state index contributed by atoms with van der Waals surface area (Å²) in [5.41, 5.74) is -0.541. The number of hydrogen-bond donors (Lipinski definition) is 1. The number of hydrogen-bond acceptors (Lipinski definition) is 2. The van der Waals surface area contributed by atoms with Crippen LogP contribution in [0.2, 0.25) is 0 Å². The first-order valence-corrected chi connectivity index (χ1v) is 8.83. The molecule has 1 spiro atoms. The largest absolute Gasteiger partial charge is 0.340 e. The molecular weight excluding hydrogens is 264 g/mol. The van der Waals surface area contributed by atoms with E-state index < -0.39 is 5.54 Å². The van der Waals surface area contributed by atoms with Gasteiger partial charge in [-0.15, -0.1) is 0 Å². The Bertz CT molecular complexity index is 446. The second-order valence-corrected chi connectivity index (χ2v) is 7.67. The monoisotopic (exact) mass is 290 g/mol. The van der Waals surface area contributed by atoms with Gasteiger partial charge in [0.2, 0.25) is 11.8 Å². The molecular formula is C17H26N2O2. The van der Waals surface area contributed by atoms with Gasteiger partial charge in [0.1, 0.15) is 11.6 Å². The summed E-state index contributed by atoms with van der Waals surface area (Å²) in [6.45, 7) is 0.829. The number of rotatable bonds is 3. The fourth-order valence-electron chi connectivity index (χ4n) is 4.77. The average Bonchev–Trinajstić information content (AvgIpc) is 2.98. The zero-order valence-electron chi connectivity index (χ0n) is 12.8. The zero-order valence-corrected chi connectivity index (χ0v) is 12.8. The number of nitrogens with zero attached hydrogens (tertiary/aromatic N) is 1. The van der Waals surface area contributed by atoms with Crippen molar-refractivity contribution in [1.29, 1.82) is 0 Å². The fourth-order valence-corrected chi connectivity index (χ4v) is 4.77. The van der Waals surface area contributed by atoms with Crippen molar-refractivity contribution in [3.8, 4) is 0 Å².